The first-order valence-electron chi connectivity index (χ1n) is 8.41. The van der Waals surface area contributed by atoms with Crippen LogP contribution < -0.4 is 4.90 Å². The second-order valence-electron chi connectivity index (χ2n) is 6.82. The minimum Gasteiger partial charge on any atom is -0.459 e. The van der Waals surface area contributed by atoms with E-state index in [1.807, 2.05) is 0 Å². The number of piperidine rings is 1. The number of nitrogens with zero attached hydrogens (tertiary/aromatic N) is 2. The number of benzene rings is 1. The molecule has 2 aromatic rings. The summed E-state index contributed by atoms with van der Waals surface area (Å²) in [5.41, 5.74) is 1.28. The molecule has 4 rings (SSSR count). The highest BCUT2D eigenvalue weighted by molar-refractivity contribution is 6.06. The normalized spacial score (nSPS) is 18.5. The molecular formula is C19H19FN2O3. The lowest BCUT2D eigenvalue weighted by molar-refractivity contribution is -0.130. The van der Waals surface area contributed by atoms with Crippen LogP contribution in [0.4, 0.5) is 10.1 Å². The highest BCUT2D eigenvalue weighted by Gasteiger charge is 2.47. The second-order valence-corrected chi connectivity index (χ2v) is 6.82. The number of anilines is 1. The summed E-state index contributed by atoms with van der Waals surface area (Å²) in [6.07, 6.45) is 2.89. The van der Waals surface area contributed by atoms with Crippen molar-refractivity contribution in [3.63, 3.8) is 0 Å². The lowest BCUT2D eigenvalue weighted by atomic mass is 9.74. The molecule has 3 heterocycles. The van der Waals surface area contributed by atoms with Gasteiger partial charge in [-0.3, -0.25) is 9.59 Å². The third-order valence-electron chi connectivity index (χ3n) is 5.42. The summed E-state index contributed by atoms with van der Waals surface area (Å²) in [6, 6.07) is 7.89. The summed E-state index contributed by atoms with van der Waals surface area (Å²) in [7, 11) is 0. The average molecular weight is 342 g/mol. The summed E-state index contributed by atoms with van der Waals surface area (Å²) in [6.45, 7) is 3.28. The van der Waals surface area contributed by atoms with E-state index in [-0.39, 0.29) is 28.8 Å². The van der Waals surface area contributed by atoms with Gasteiger partial charge in [0.25, 0.3) is 5.91 Å². The topological polar surface area (TPSA) is 53.8 Å². The molecule has 1 aromatic heterocycles. The third kappa shape index (κ3) is 2.52. The van der Waals surface area contributed by atoms with Gasteiger partial charge in [0.05, 0.1) is 6.26 Å². The van der Waals surface area contributed by atoms with Crippen LogP contribution in [0.1, 0.15) is 35.9 Å². The number of carbonyl (C=O) groups is 2. The fourth-order valence-electron chi connectivity index (χ4n) is 4.03. The molecular weight excluding hydrogens is 323 g/mol. The Balaban J connectivity index is 1.70. The van der Waals surface area contributed by atoms with E-state index in [1.165, 1.54) is 18.4 Å². The van der Waals surface area contributed by atoms with E-state index in [4.69, 9.17) is 4.42 Å². The minimum absolute atomic E-state index is 0.0517. The first-order valence-corrected chi connectivity index (χ1v) is 8.41. The molecule has 0 radical (unpaired) electrons. The van der Waals surface area contributed by atoms with Gasteiger partial charge in [-0.1, -0.05) is 0 Å². The Hall–Kier alpha value is -2.63. The SMILES string of the molecule is CC(=O)N1CCC2(CC1)CN(C(=O)c1ccco1)c1ccc(F)cc12. The molecule has 2 amide bonds. The number of halogens is 1. The number of rotatable bonds is 1. The minimum atomic E-state index is -0.314. The van der Waals surface area contributed by atoms with E-state index >= 15 is 0 Å². The van der Waals surface area contributed by atoms with Crippen LogP contribution in [0.15, 0.2) is 41.0 Å². The largest absolute Gasteiger partial charge is 0.459 e. The maximum Gasteiger partial charge on any atom is 0.293 e. The monoisotopic (exact) mass is 342 g/mol. The number of carbonyl (C=O) groups excluding carboxylic acids is 2. The summed E-state index contributed by atoms with van der Waals surface area (Å²) in [4.78, 5) is 27.9. The van der Waals surface area contributed by atoms with Crippen LogP contribution in [0.25, 0.3) is 0 Å². The molecule has 0 N–H and O–H groups in total. The molecule has 1 saturated heterocycles. The van der Waals surface area contributed by atoms with Gasteiger partial charge in [-0.05, 0) is 48.7 Å². The summed E-state index contributed by atoms with van der Waals surface area (Å²) < 4.78 is 19.2. The zero-order valence-electron chi connectivity index (χ0n) is 14.0. The van der Waals surface area contributed by atoms with Crippen molar-refractivity contribution in [2.75, 3.05) is 24.5 Å². The van der Waals surface area contributed by atoms with E-state index < -0.39 is 0 Å². The van der Waals surface area contributed by atoms with Crippen molar-refractivity contribution < 1.29 is 18.4 Å². The fourth-order valence-corrected chi connectivity index (χ4v) is 4.03. The van der Waals surface area contributed by atoms with E-state index in [0.29, 0.717) is 32.5 Å². The van der Waals surface area contributed by atoms with Gasteiger partial charge < -0.3 is 14.2 Å². The number of likely N-dealkylation sites (tertiary alicyclic amines) is 1. The van der Waals surface area contributed by atoms with Crippen LogP contribution in [-0.2, 0) is 10.2 Å². The molecule has 5 nitrogen and oxygen atoms in total. The highest BCUT2D eigenvalue weighted by Crippen LogP contribution is 2.47. The molecule has 2 aliphatic heterocycles. The molecule has 0 bridgehead atoms. The smallest absolute Gasteiger partial charge is 0.293 e. The molecule has 2 aliphatic rings. The summed E-state index contributed by atoms with van der Waals surface area (Å²) >= 11 is 0. The zero-order chi connectivity index (χ0) is 17.6. The number of amides is 2. The number of furan rings is 1. The molecule has 130 valence electrons. The Morgan fingerprint density at radius 1 is 1.20 bits per heavy atom. The lowest BCUT2D eigenvalue weighted by Crippen LogP contribution is -2.47. The van der Waals surface area contributed by atoms with Crippen molar-refractivity contribution in [1.82, 2.24) is 4.90 Å². The molecule has 0 atom stereocenters. The molecule has 25 heavy (non-hydrogen) atoms. The molecule has 1 spiro atoms. The molecule has 0 aliphatic carbocycles. The first kappa shape index (κ1) is 15.9. The molecule has 1 aromatic carbocycles. The van der Waals surface area contributed by atoms with Crippen molar-refractivity contribution in [3.8, 4) is 0 Å². The molecule has 1 fully saturated rings. The van der Waals surface area contributed by atoms with Crippen molar-refractivity contribution >= 4 is 17.5 Å². The van der Waals surface area contributed by atoms with E-state index in [0.717, 1.165) is 11.3 Å². The van der Waals surface area contributed by atoms with Gasteiger partial charge >= 0.3 is 0 Å². The molecule has 0 unspecified atom stereocenters. The Morgan fingerprint density at radius 2 is 1.96 bits per heavy atom. The van der Waals surface area contributed by atoms with E-state index in [1.54, 1.807) is 34.9 Å². The van der Waals surface area contributed by atoms with Crippen molar-refractivity contribution in [2.45, 2.75) is 25.2 Å². The third-order valence-corrected chi connectivity index (χ3v) is 5.42. The van der Waals surface area contributed by atoms with Gasteiger partial charge in [0.1, 0.15) is 5.82 Å². The van der Waals surface area contributed by atoms with Gasteiger partial charge in [-0.2, -0.15) is 0 Å². The fraction of sp³-hybridized carbons (Fsp3) is 0.368. The van der Waals surface area contributed by atoms with Crippen molar-refractivity contribution in [2.24, 2.45) is 0 Å². The highest BCUT2D eigenvalue weighted by atomic mass is 19.1. The van der Waals surface area contributed by atoms with Crippen LogP contribution in [-0.4, -0.2) is 36.3 Å². The average Bonchev–Trinajstić information content (AvgIpc) is 3.23. The van der Waals surface area contributed by atoms with Crippen LogP contribution in [0, 0.1) is 5.82 Å². The van der Waals surface area contributed by atoms with Crippen LogP contribution >= 0.6 is 0 Å². The Kier molecular flexibility index (Phi) is 3.63. The van der Waals surface area contributed by atoms with Crippen molar-refractivity contribution in [3.05, 3.63) is 53.7 Å². The van der Waals surface area contributed by atoms with Gasteiger partial charge in [0, 0.05) is 37.7 Å². The summed E-state index contributed by atoms with van der Waals surface area (Å²) in [5, 5.41) is 0. The Labute approximate surface area is 145 Å². The molecule has 6 heteroatoms. The van der Waals surface area contributed by atoms with Crippen LogP contribution in [0.3, 0.4) is 0 Å². The maximum atomic E-state index is 13.9. The second kappa shape index (κ2) is 5.72. The predicted octanol–water partition coefficient (Wildman–Crippen LogP) is 2.96. The Bertz CT molecular complexity index is 823. The van der Waals surface area contributed by atoms with Gasteiger partial charge in [-0.15, -0.1) is 0 Å². The number of hydrogen-bond donors (Lipinski definition) is 0. The summed E-state index contributed by atoms with van der Waals surface area (Å²) in [5.74, 6) is -0.201. The van der Waals surface area contributed by atoms with Crippen LogP contribution in [0.2, 0.25) is 0 Å². The Morgan fingerprint density at radius 3 is 2.60 bits per heavy atom. The van der Waals surface area contributed by atoms with Gasteiger partial charge in [0.15, 0.2) is 5.76 Å². The number of fused-ring (bicyclic) bond motifs is 2. The maximum absolute atomic E-state index is 13.9. The molecule has 0 saturated carbocycles. The van der Waals surface area contributed by atoms with Gasteiger partial charge in [-0.25, -0.2) is 4.39 Å². The van der Waals surface area contributed by atoms with Crippen molar-refractivity contribution in [1.29, 1.82) is 0 Å². The number of hydrogen-bond acceptors (Lipinski definition) is 3. The van der Waals surface area contributed by atoms with E-state index in [2.05, 4.69) is 0 Å². The first-order chi connectivity index (χ1) is 12.0. The quantitative estimate of drug-likeness (QED) is 0.801. The zero-order valence-corrected chi connectivity index (χ0v) is 14.0. The standard InChI is InChI=1S/C19H19FN2O3/c1-13(23)21-8-6-19(7-9-21)12-22(18(24)17-3-2-10-25-17)16-5-4-14(20)11-15(16)19/h2-5,10-11H,6-9,12H2,1H3. The van der Waals surface area contributed by atoms with E-state index in [9.17, 15) is 14.0 Å². The lowest BCUT2D eigenvalue weighted by Gasteiger charge is -2.39. The van der Waals surface area contributed by atoms with Gasteiger partial charge in [0.2, 0.25) is 5.91 Å². The van der Waals surface area contributed by atoms with Crippen LogP contribution in [0.5, 0.6) is 0 Å². The predicted molar refractivity (Wildman–Crippen MR) is 90.0 cm³/mol.